The van der Waals surface area contributed by atoms with Gasteiger partial charge in [0.05, 0.1) is 31.7 Å². The number of ether oxygens (including phenoxy) is 1. The van der Waals surface area contributed by atoms with Crippen LogP contribution in [-0.2, 0) is 25.6 Å². The van der Waals surface area contributed by atoms with Crippen molar-refractivity contribution in [1.82, 2.24) is 19.5 Å². The fourth-order valence-electron chi connectivity index (χ4n) is 2.80. The molecule has 2 rings (SSSR count). The lowest BCUT2D eigenvalue weighted by molar-refractivity contribution is -0.104. The maximum Gasteiger partial charge on any atom is 0.324 e. The van der Waals surface area contributed by atoms with E-state index in [0.29, 0.717) is 17.6 Å². The van der Waals surface area contributed by atoms with Gasteiger partial charge < -0.3 is 29.5 Å². The molecule has 164 valence electrons. The van der Waals surface area contributed by atoms with Crippen LogP contribution in [0.25, 0.3) is 11.2 Å². The molecule has 2 aromatic rings. The molecule has 0 aromatic carbocycles. The average molecular weight is 447 g/mol. The third kappa shape index (κ3) is 7.21. The molecule has 2 heterocycles. The highest BCUT2D eigenvalue weighted by atomic mass is 32.5. The topological polar surface area (TPSA) is 138 Å². The number of imidazole rings is 1. The van der Waals surface area contributed by atoms with Gasteiger partial charge in [-0.3, -0.25) is 4.57 Å². The van der Waals surface area contributed by atoms with Gasteiger partial charge in [-0.15, -0.1) is 0 Å². The zero-order chi connectivity index (χ0) is 21.8. The summed E-state index contributed by atoms with van der Waals surface area (Å²) >= 11 is 5.05. The highest BCUT2D eigenvalue weighted by Crippen LogP contribution is 2.45. The van der Waals surface area contributed by atoms with Crippen LogP contribution in [0.2, 0.25) is 0 Å². The summed E-state index contributed by atoms with van der Waals surface area (Å²) < 4.78 is 18.5. The third-order valence-electron chi connectivity index (χ3n) is 3.81. The molecular weight excluding hydrogens is 417 g/mol. The van der Waals surface area contributed by atoms with Crippen LogP contribution in [-0.4, -0.2) is 54.9 Å². The van der Waals surface area contributed by atoms with E-state index >= 15 is 0 Å². The highest BCUT2D eigenvalue weighted by molar-refractivity contribution is 8.07. The summed E-state index contributed by atoms with van der Waals surface area (Å²) in [6, 6.07) is 0. The Morgan fingerprint density at radius 1 is 1.28 bits per heavy atom. The summed E-state index contributed by atoms with van der Waals surface area (Å²) in [7, 11) is 0. The first kappa shape index (κ1) is 24.1. The molecule has 0 spiro atoms. The predicted molar refractivity (Wildman–Crippen MR) is 113 cm³/mol. The number of hydrogen-bond donors (Lipinski definition) is 3. The minimum absolute atomic E-state index is 0.0119. The van der Waals surface area contributed by atoms with Gasteiger partial charge >= 0.3 is 6.72 Å². The van der Waals surface area contributed by atoms with Crippen molar-refractivity contribution in [3.8, 4) is 0 Å². The van der Waals surface area contributed by atoms with E-state index in [4.69, 9.17) is 31.3 Å². The lowest BCUT2D eigenvalue weighted by atomic mass is 9.89. The van der Waals surface area contributed by atoms with Gasteiger partial charge in [0.15, 0.2) is 17.7 Å². The predicted octanol–water partition coefficient (Wildman–Crippen LogP) is 2.38. The molecule has 12 heteroatoms. The van der Waals surface area contributed by atoms with Crippen LogP contribution in [0.3, 0.4) is 0 Å². The number of hydrogen-bond acceptors (Lipinski definition) is 9. The number of aliphatic hydroxyl groups excluding tert-OH is 1. The van der Waals surface area contributed by atoms with Crippen LogP contribution in [0.1, 0.15) is 47.3 Å². The molecule has 3 atom stereocenters. The third-order valence-corrected chi connectivity index (χ3v) is 5.55. The number of nitrogens with two attached hydrogens (primary N) is 1. The van der Waals surface area contributed by atoms with Crippen molar-refractivity contribution in [1.29, 1.82) is 0 Å². The second-order valence-corrected chi connectivity index (χ2v) is 11.0. The number of rotatable bonds is 10. The van der Waals surface area contributed by atoms with Gasteiger partial charge in [-0.2, -0.15) is 0 Å². The van der Waals surface area contributed by atoms with Crippen LogP contribution < -0.4 is 5.73 Å². The standard InChI is InChI=1S/C17H30N5O5PS/c1-11(2)27-28(24,29)25-8-12(6-17(3,4)5)26-13(7-23)22-10-21-14-15(18)19-9-20-16(14)22/h9-13,23H,6-8H2,1-5H3,(H,24,29)(H2,18,19,20)/t12-,13-,28?/m1/s1. The zero-order valence-electron chi connectivity index (χ0n) is 17.3. The molecule has 2 aromatic heterocycles. The van der Waals surface area contributed by atoms with Crippen molar-refractivity contribution in [3.05, 3.63) is 12.7 Å². The number of anilines is 1. The fraction of sp³-hybridized carbons (Fsp3) is 0.706. The average Bonchev–Trinajstić information content (AvgIpc) is 3.00. The van der Waals surface area contributed by atoms with Crippen molar-refractivity contribution in [3.63, 3.8) is 0 Å². The van der Waals surface area contributed by atoms with E-state index in [2.05, 4.69) is 35.7 Å². The molecule has 0 saturated heterocycles. The van der Waals surface area contributed by atoms with Gasteiger partial charge in [0.25, 0.3) is 0 Å². The van der Waals surface area contributed by atoms with Gasteiger partial charge in [-0.1, -0.05) is 20.8 Å². The summed E-state index contributed by atoms with van der Waals surface area (Å²) in [6.45, 7) is 5.99. The van der Waals surface area contributed by atoms with Crippen molar-refractivity contribution >= 4 is 35.5 Å². The van der Waals surface area contributed by atoms with Crippen LogP contribution in [0, 0.1) is 5.41 Å². The molecule has 1 unspecified atom stereocenters. The van der Waals surface area contributed by atoms with Gasteiger partial charge in [0.1, 0.15) is 11.8 Å². The zero-order valence-corrected chi connectivity index (χ0v) is 19.1. The quantitative estimate of drug-likeness (QED) is 0.465. The first-order valence-electron chi connectivity index (χ1n) is 9.27. The molecule has 0 aliphatic carbocycles. The monoisotopic (exact) mass is 447 g/mol. The molecule has 0 bridgehead atoms. The molecule has 4 N–H and O–H groups in total. The number of aliphatic hydroxyl groups is 1. The van der Waals surface area contributed by atoms with Crippen molar-refractivity contribution < 1.29 is 23.8 Å². The molecule has 10 nitrogen and oxygen atoms in total. The Hall–Kier alpha value is -1.20. The number of aromatic nitrogens is 4. The van der Waals surface area contributed by atoms with Crippen molar-refractivity contribution in [2.24, 2.45) is 5.41 Å². The maximum absolute atomic E-state index is 10.2. The van der Waals surface area contributed by atoms with Crippen LogP contribution in [0.5, 0.6) is 0 Å². The first-order chi connectivity index (χ1) is 13.4. The van der Waals surface area contributed by atoms with E-state index in [1.807, 2.05) is 0 Å². The Balaban J connectivity index is 2.21. The highest BCUT2D eigenvalue weighted by Gasteiger charge is 2.28. The molecule has 0 fully saturated rings. The van der Waals surface area contributed by atoms with Crippen molar-refractivity contribution in [2.45, 2.75) is 59.5 Å². The van der Waals surface area contributed by atoms with E-state index in [1.165, 1.54) is 12.7 Å². The van der Waals surface area contributed by atoms with E-state index in [9.17, 15) is 10.00 Å². The second kappa shape index (κ2) is 9.74. The SMILES string of the molecule is CC(C)OP(O)(=S)OC[C@@H](CC(C)(C)C)O[C@H](CO)n1cnc2c(N)ncnc21. The molecule has 0 radical (unpaired) electrons. The van der Waals surface area contributed by atoms with E-state index in [1.54, 1.807) is 18.4 Å². The summed E-state index contributed by atoms with van der Waals surface area (Å²) in [5.74, 6) is 0.242. The van der Waals surface area contributed by atoms with Crippen LogP contribution in [0.4, 0.5) is 5.82 Å². The Kier molecular flexibility index (Phi) is 8.08. The van der Waals surface area contributed by atoms with E-state index in [-0.39, 0.29) is 30.6 Å². The first-order valence-corrected chi connectivity index (χ1v) is 11.9. The largest absolute Gasteiger partial charge is 0.392 e. The summed E-state index contributed by atoms with van der Waals surface area (Å²) in [5.41, 5.74) is 6.60. The number of nitrogen functional groups attached to an aromatic ring is 1. The number of fused-ring (bicyclic) bond motifs is 1. The van der Waals surface area contributed by atoms with Gasteiger partial charge in [0.2, 0.25) is 0 Å². The number of nitrogens with zero attached hydrogens (tertiary/aromatic N) is 4. The second-order valence-electron chi connectivity index (χ2n) is 8.16. The van der Waals surface area contributed by atoms with Gasteiger partial charge in [-0.05, 0) is 37.5 Å². The summed E-state index contributed by atoms with van der Waals surface area (Å²) in [5, 5.41) is 9.94. The molecule has 0 amide bonds. The fourth-order valence-corrected chi connectivity index (χ4v) is 4.45. The van der Waals surface area contributed by atoms with E-state index in [0.717, 1.165) is 0 Å². The maximum atomic E-state index is 10.2. The molecule has 0 saturated carbocycles. The Morgan fingerprint density at radius 3 is 2.55 bits per heavy atom. The van der Waals surface area contributed by atoms with Crippen LogP contribution >= 0.6 is 6.72 Å². The molecule has 0 aliphatic heterocycles. The van der Waals surface area contributed by atoms with E-state index < -0.39 is 19.1 Å². The molecular formula is C17H30N5O5PS. The molecule has 0 aliphatic rings. The normalized spacial score (nSPS) is 16.8. The molecule has 29 heavy (non-hydrogen) atoms. The van der Waals surface area contributed by atoms with Crippen LogP contribution in [0.15, 0.2) is 12.7 Å². The van der Waals surface area contributed by atoms with Gasteiger partial charge in [-0.25, -0.2) is 15.0 Å². The van der Waals surface area contributed by atoms with Crippen molar-refractivity contribution in [2.75, 3.05) is 18.9 Å². The Morgan fingerprint density at radius 2 is 1.97 bits per heavy atom. The Bertz CT molecular complexity index is 856. The summed E-state index contributed by atoms with van der Waals surface area (Å²) in [4.78, 5) is 22.5. The Labute approximate surface area is 175 Å². The smallest absolute Gasteiger partial charge is 0.324 e. The lowest BCUT2D eigenvalue weighted by Gasteiger charge is -2.30. The minimum Gasteiger partial charge on any atom is -0.392 e. The lowest BCUT2D eigenvalue weighted by Crippen LogP contribution is -2.30. The van der Waals surface area contributed by atoms with Gasteiger partial charge in [0, 0.05) is 0 Å². The minimum atomic E-state index is -3.39. The summed E-state index contributed by atoms with van der Waals surface area (Å²) in [6.07, 6.45) is 1.88.